The summed E-state index contributed by atoms with van der Waals surface area (Å²) in [6.45, 7) is 3.60. The number of imidazole rings is 1. The summed E-state index contributed by atoms with van der Waals surface area (Å²) < 4.78 is 26.9. The van der Waals surface area contributed by atoms with Crippen molar-refractivity contribution in [3.05, 3.63) is 41.9 Å². The van der Waals surface area contributed by atoms with Crippen molar-refractivity contribution in [3.63, 3.8) is 0 Å². The van der Waals surface area contributed by atoms with Crippen molar-refractivity contribution < 1.29 is 13.5 Å². The van der Waals surface area contributed by atoms with Gasteiger partial charge in [-0.05, 0) is 24.6 Å². The number of hydrogen-bond acceptors (Lipinski definition) is 4. The number of aromatic amines is 1. The fourth-order valence-electron chi connectivity index (χ4n) is 1.82. The summed E-state index contributed by atoms with van der Waals surface area (Å²) in [5.41, 5.74) is 0.684. The van der Waals surface area contributed by atoms with Crippen LogP contribution in [0.15, 0.2) is 35.5 Å². The lowest BCUT2D eigenvalue weighted by Gasteiger charge is -2.13. The molecule has 20 heavy (non-hydrogen) atoms. The largest absolute Gasteiger partial charge is 0.508 e. The molecule has 7 heteroatoms. The number of nitrogens with zero attached hydrogens (tertiary/aromatic N) is 1. The Balaban J connectivity index is 2.19. The Bertz CT molecular complexity index is 694. The van der Waals surface area contributed by atoms with Crippen molar-refractivity contribution in [3.8, 4) is 5.75 Å². The Hall–Kier alpha value is -1.86. The molecule has 2 rings (SSSR count). The molecule has 6 nitrogen and oxygen atoms in total. The Morgan fingerprint density at radius 2 is 2.20 bits per heavy atom. The molecule has 0 spiro atoms. The van der Waals surface area contributed by atoms with E-state index in [1.165, 1.54) is 18.3 Å². The first-order chi connectivity index (χ1) is 9.42. The van der Waals surface area contributed by atoms with E-state index in [-0.39, 0.29) is 10.8 Å². The highest BCUT2D eigenvalue weighted by molar-refractivity contribution is 7.89. The van der Waals surface area contributed by atoms with Crippen LogP contribution in [0.5, 0.6) is 5.75 Å². The molecule has 108 valence electrons. The van der Waals surface area contributed by atoms with Crippen molar-refractivity contribution in [1.29, 1.82) is 0 Å². The summed E-state index contributed by atoms with van der Waals surface area (Å²) in [5.74, 6) is 0.721. The second kappa shape index (κ2) is 5.64. The maximum Gasteiger partial charge on any atom is 0.258 e. The number of aromatic hydroxyl groups is 1. The van der Waals surface area contributed by atoms with Gasteiger partial charge in [0.2, 0.25) is 0 Å². The van der Waals surface area contributed by atoms with Gasteiger partial charge in [0.25, 0.3) is 10.0 Å². The molecule has 1 aromatic carbocycles. The van der Waals surface area contributed by atoms with E-state index >= 15 is 0 Å². The van der Waals surface area contributed by atoms with Crippen LogP contribution in [0.2, 0.25) is 0 Å². The second-order valence-corrected chi connectivity index (χ2v) is 6.17. The normalized spacial score (nSPS) is 13.3. The van der Waals surface area contributed by atoms with E-state index in [1.807, 2.05) is 6.92 Å². The summed E-state index contributed by atoms with van der Waals surface area (Å²) in [4.78, 5) is 6.74. The van der Waals surface area contributed by atoms with Crippen molar-refractivity contribution in [2.45, 2.75) is 31.3 Å². The molecule has 3 N–H and O–H groups in total. The Labute approximate surface area is 117 Å². The average Bonchev–Trinajstić information content (AvgIpc) is 2.87. The summed E-state index contributed by atoms with van der Waals surface area (Å²) in [6.07, 6.45) is 1.94. The molecule has 1 atom stereocenters. The smallest absolute Gasteiger partial charge is 0.258 e. The molecular formula is C13H17N3O3S. The topological polar surface area (TPSA) is 95.1 Å². The van der Waals surface area contributed by atoms with Crippen molar-refractivity contribution in [2.24, 2.45) is 0 Å². The minimum atomic E-state index is -3.66. The maximum atomic E-state index is 12.2. The maximum absolute atomic E-state index is 12.2. The van der Waals surface area contributed by atoms with Gasteiger partial charge in [-0.15, -0.1) is 0 Å². The van der Waals surface area contributed by atoms with Gasteiger partial charge in [-0.25, -0.2) is 18.1 Å². The Kier molecular flexibility index (Phi) is 4.10. The van der Waals surface area contributed by atoms with Gasteiger partial charge in [-0.3, -0.25) is 0 Å². The number of aromatic nitrogens is 2. The van der Waals surface area contributed by atoms with Crippen molar-refractivity contribution >= 4 is 10.0 Å². The molecule has 0 fully saturated rings. The number of hydrogen-bond donors (Lipinski definition) is 3. The first kappa shape index (κ1) is 14.5. The molecule has 0 aliphatic rings. The second-order valence-electron chi connectivity index (χ2n) is 4.49. The summed E-state index contributed by atoms with van der Waals surface area (Å²) >= 11 is 0. The zero-order valence-electron chi connectivity index (χ0n) is 11.3. The summed E-state index contributed by atoms with van der Waals surface area (Å²) in [5, 5.41) is 9.46. The lowest BCUT2D eigenvalue weighted by atomic mass is 10.1. The van der Waals surface area contributed by atoms with E-state index in [2.05, 4.69) is 14.7 Å². The Morgan fingerprint density at radius 3 is 2.80 bits per heavy atom. The van der Waals surface area contributed by atoms with E-state index in [0.29, 0.717) is 17.8 Å². The Morgan fingerprint density at radius 1 is 1.45 bits per heavy atom. The molecule has 0 saturated heterocycles. The van der Waals surface area contributed by atoms with E-state index < -0.39 is 16.1 Å². The average molecular weight is 295 g/mol. The number of rotatable bonds is 5. The number of aryl methyl sites for hydroxylation is 1. The van der Waals surface area contributed by atoms with E-state index in [0.717, 1.165) is 0 Å². The highest BCUT2D eigenvalue weighted by Gasteiger charge is 2.20. The monoisotopic (exact) mass is 295 g/mol. The van der Waals surface area contributed by atoms with Crippen LogP contribution >= 0.6 is 0 Å². The first-order valence-corrected chi connectivity index (χ1v) is 7.76. The van der Waals surface area contributed by atoms with Gasteiger partial charge in [0.05, 0.1) is 6.20 Å². The highest BCUT2D eigenvalue weighted by atomic mass is 32.2. The van der Waals surface area contributed by atoms with Gasteiger partial charge in [0.1, 0.15) is 11.6 Å². The van der Waals surface area contributed by atoms with Crippen molar-refractivity contribution in [2.75, 3.05) is 0 Å². The van der Waals surface area contributed by atoms with Crippen LogP contribution in [0.25, 0.3) is 0 Å². The molecule has 1 heterocycles. The number of nitrogens with one attached hydrogen (secondary N) is 2. The van der Waals surface area contributed by atoms with Crippen LogP contribution in [0.3, 0.4) is 0 Å². The van der Waals surface area contributed by atoms with E-state index in [1.54, 1.807) is 19.1 Å². The lowest BCUT2D eigenvalue weighted by molar-refractivity contribution is 0.473. The van der Waals surface area contributed by atoms with Crippen LogP contribution in [-0.2, 0) is 16.4 Å². The van der Waals surface area contributed by atoms with E-state index in [4.69, 9.17) is 0 Å². The van der Waals surface area contributed by atoms with Crippen LogP contribution in [-0.4, -0.2) is 23.5 Å². The quantitative estimate of drug-likeness (QED) is 0.782. The van der Waals surface area contributed by atoms with Crippen molar-refractivity contribution in [1.82, 2.24) is 14.7 Å². The van der Waals surface area contributed by atoms with Gasteiger partial charge < -0.3 is 10.1 Å². The number of phenolic OH excluding ortho intramolecular Hbond substituents is 1. The lowest BCUT2D eigenvalue weighted by Crippen LogP contribution is -2.27. The van der Waals surface area contributed by atoms with Gasteiger partial charge in [-0.2, -0.15) is 0 Å². The summed E-state index contributed by atoms with van der Waals surface area (Å²) in [7, 11) is -3.66. The van der Waals surface area contributed by atoms with Crippen LogP contribution < -0.4 is 4.72 Å². The highest BCUT2D eigenvalue weighted by Crippen LogP contribution is 2.19. The number of sulfonamides is 1. The van der Waals surface area contributed by atoms with E-state index in [9.17, 15) is 13.5 Å². The standard InChI is InChI=1S/C13H17N3O3S/c1-3-12-14-8-13(15-12)20(18,19)16-9(2)10-5-4-6-11(17)7-10/h4-9,16-17H,3H2,1-2H3,(H,14,15). The number of phenols is 1. The number of benzene rings is 1. The molecule has 0 radical (unpaired) electrons. The molecule has 2 aromatic rings. The molecule has 1 unspecified atom stereocenters. The third-order valence-electron chi connectivity index (χ3n) is 2.93. The predicted octanol–water partition coefficient (Wildman–Crippen LogP) is 1.72. The zero-order valence-corrected chi connectivity index (χ0v) is 12.1. The van der Waals surface area contributed by atoms with Gasteiger partial charge >= 0.3 is 0 Å². The third-order valence-corrected chi connectivity index (χ3v) is 4.38. The predicted molar refractivity (Wildman–Crippen MR) is 74.8 cm³/mol. The number of H-pyrrole nitrogens is 1. The summed E-state index contributed by atoms with van der Waals surface area (Å²) in [6, 6.07) is 6.02. The molecule has 0 bridgehead atoms. The molecule has 0 amide bonds. The molecule has 0 aliphatic heterocycles. The molecule has 1 aromatic heterocycles. The zero-order chi connectivity index (χ0) is 14.8. The van der Waals surface area contributed by atoms with Gasteiger partial charge in [0.15, 0.2) is 5.03 Å². The van der Waals surface area contributed by atoms with Gasteiger partial charge in [0, 0.05) is 12.5 Å². The van der Waals surface area contributed by atoms with Gasteiger partial charge in [-0.1, -0.05) is 19.1 Å². The minimum Gasteiger partial charge on any atom is -0.508 e. The van der Waals surface area contributed by atoms with Crippen LogP contribution in [0.1, 0.15) is 31.3 Å². The minimum absolute atomic E-state index is 0.0429. The fourth-order valence-corrected chi connectivity index (χ4v) is 2.99. The molecular weight excluding hydrogens is 278 g/mol. The SMILES string of the molecule is CCc1ncc(S(=O)(=O)NC(C)c2cccc(O)c2)[nH]1. The van der Waals surface area contributed by atoms with Crippen LogP contribution in [0.4, 0.5) is 0 Å². The molecule has 0 aliphatic carbocycles. The fraction of sp³-hybridized carbons (Fsp3) is 0.308. The first-order valence-electron chi connectivity index (χ1n) is 6.27. The van der Waals surface area contributed by atoms with Crippen LogP contribution in [0, 0.1) is 0 Å². The molecule has 0 saturated carbocycles. The third kappa shape index (κ3) is 3.17.